The maximum Gasteiger partial charge on any atom is 0.119 e. The van der Waals surface area contributed by atoms with Crippen molar-refractivity contribution < 1.29 is 4.74 Å². The summed E-state index contributed by atoms with van der Waals surface area (Å²) in [4.78, 5) is 0. The van der Waals surface area contributed by atoms with Gasteiger partial charge in [-0.25, -0.2) is 0 Å². The van der Waals surface area contributed by atoms with Crippen molar-refractivity contribution in [3.63, 3.8) is 0 Å². The number of ether oxygens (including phenoxy) is 1. The van der Waals surface area contributed by atoms with Gasteiger partial charge in [0.15, 0.2) is 0 Å². The second kappa shape index (κ2) is 8.19. The van der Waals surface area contributed by atoms with Crippen LogP contribution in [0.1, 0.15) is 25.8 Å². The maximum atomic E-state index is 5.41. The highest BCUT2D eigenvalue weighted by Gasteiger charge is 1.89. The lowest BCUT2D eigenvalue weighted by molar-refractivity contribution is 0.317. The fraction of sp³-hybridized carbons (Fsp3) is 0.385. The summed E-state index contributed by atoms with van der Waals surface area (Å²) in [5.74, 6) is 3.22. The van der Waals surface area contributed by atoms with Crippen LogP contribution in [0, 0.1) is 19.3 Å². The van der Waals surface area contributed by atoms with Crippen molar-refractivity contribution in [2.24, 2.45) is 0 Å². The van der Waals surface area contributed by atoms with E-state index in [4.69, 9.17) is 4.74 Å². The molecule has 0 N–H and O–H groups in total. The molecule has 0 saturated carbocycles. The lowest BCUT2D eigenvalue weighted by Gasteiger charge is -2.03. The molecule has 1 nitrogen and oxygen atoms in total. The molecule has 0 heterocycles. The normalized spacial score (nSPS) is 8.14. The Hall–Kier alpha value is -1.42. The molecule has 1 heteroatoms. The van der Waals surface area contributed by atoms with Gasteiger partial charge in [-0.05, 0) is 32.4 Å². The molecule has 14 heavy (non-hydrogen) atoms. The zero-order valence-electron chi connectivity index (χ0n) is 9.21. The third kappa shape index (κ3) is 6.14. The Labute approximate surface area is 87.1 Å². The first-order valence-electron chi connectivity index (χ1n) is 4.81. The maximum absolute atomic E-state index is 5.41. The molecule has 0 atom stereocenters. The molecule has 0 amide bonds. The van der Waals surface area contributed by atoms with Gasteiger partial charge in [0, 0.05) is 0 Å². The highest BCUT2D eigenvalue weighted by atomic mass is 16.5. The van der Waals surface area contributed by atoms with Crippen LogP contribution in [0.15, 0.2) is 24.3 Å². The van der Waals surface area contributed by atoms with E-state index in [0.29, 0.717) is 0 Å². The summed E-state index contributed by atoms with van der Waals surface area (Å²) in [6.07, 6.45) is 5.66. The van der Waals surface area contributed by atoms with Crippen LogP contribution in [-0.2, 0) is 0 Å². The van der Waals surface area contributed by atoms with Gasteiger partial charge in [-0.2, -0.15) is 0 Å². The van der Waals surface area contributed by atoms with Gasteiger partial charge in [0.2, 0.25) is 0 Å². The van der Waals surface area contributed by atoms with Gasteiger partial charge in [0.1, 0.15) is 5.75 Å². The zero-order chi connectivity index (χ0) is 10.8. The highest BCUT2D eigenvalue weighted by molar-refractivity contribution is 5.26. The Kier molecular flexibility index (Phi) is 7.36. The molecule has 0 aliphatic rings. The topological polar surface area (TPSA) is 9.23 Å². The monoisotopic (exact) mass is 190 g/mol. The Morgan fingerprint density at radius 1 is 1.29 bits per heavy atom. The summed E-state index contributed by atoms with van der Waals surface area (Å²) in [7, 11) is 0. The minimum atomic E-state index is 0.809. The van der Waals surface area contributed by atoms with Crippen molar-refractivity contribution in [3.05, 3.63) is 29.8 Å². The Morgan fingerprint density at radius 3 is 2.21 bits per heavy atom. The Balaban J connectivity index is 0.000000500. The molecule has 0 saturated heterocycles. The average Bonchev–Trinajstić information content (AvgIpc) is 2.18. The van der Waals surface area contributed by atoms with Crippen molar-refractivity contribution in [2.75, 3.05) is 6.61 Å². The molecule has 0 fully saturated rings. The van der Waals surface area contributed by atoms with Crippen molar-refractivity contribution >= 4 is 0 Å². The van der Waals surface area contributed by atoms with E-state index in [1.165, 1.54) is 5.56 Å². The number of hydrogen-bond acceptors (Lipinski definition) is 1. The van der Waals surface area contributed by atoms with Gasteiger partial charge in [0.05, 0.1) is 6.61 Å². The van der Waals surface area contributed by atoms with E-state index in [0.717, 1.165) is 18.8 Å². The van der Waals surface area contributed by atoms with Crippen molar-refractivity contribution in [1.29, 1.82) is 0 Å². The Morgan fingerprint density at radius 2 is 1.79 bits per heavy atom. The average molecular weight is 190 g/mol. The quantitative estimate of drug-likeness (QED) is 0.663. The molecule has 1 rings (SSSR count). The summed E-state index contributed by atoms with van der Waals surface area (Å²) < 4.78 is 5.41. The molecule has 0 unspecified atom stereocenters. The van der Waals surface area contributed by atoms with Gasteiger partial charge in [-0.3, -0.25) is 0 Å². The lowest BCUT2D eigenvalue weighted by Crippen LogP contribution is -1.94. The third-order valence-electron chi connectivity index (χ3n) is 1.49. The van der Waals surface area contributed by atoms with E-state index in [1.54, 1.807) is 6.92 Å². The minimum Gasteiger partial charge on any atom is -0.494 e. The predicted molar refractivity (Wildman–Crippen MR) is 61.5 cm³/mol. The molecular weight excluding hydrogens is 172 g/mol. The zero-order valence-corrected chi connectivity index (χ0v) is 9.21. The number of benzene rings is 1. The van der Waals surface area contributed by atoms with Gasteiger partial charge in [0.25, 0.3) is 0 Å². The smallest absolute Gasteiger partial charge is 0.119 e. The summed E-state index contributed by atoms with van der Waals surface area (Å²) in [5.41, 5.74) is 1.27. The molecule has 1 aromatic carbocycles. The van der Waals surface area contributed by atoms with Crippen molar-refractivity contribution in [2.45, 2.75) is 27.2 Å². The summed E-state index contributed by atoms with van der Waals surface area (Å²) >= 11 is 0. The predicted octanol–water partition coefficient (Wildman–Crippen LogP) is 3.42. The number of terminal acetylenes is 1. The number of aryl methyl sites for hydroxylation is 1. The van der Waals surface area contributed by atoms with Crippen LogP contribution < -0.4 is 4.74 Å². The minimum absolute atomic E-state index is 0.809. The van der Waals surface area contributed by atoms with E-state index in [2.05, 4.69) is 38.3 Å². The van der Waals surface area contributed by atoms with Gasteiger partial charge in [-0.15, -0.1) is 12.3 Å². The highest BCUT2D eigenvalue weighted by Crippen LogP contribution is 2.11. The fourth-order valence-electron chi connectivity index (χ4n) is 0.854. The third-order valence-corrected chi connectivity index (χ3v) is 1.49. The molecular formula is C13H18O. The molecule has 0 aromatic heterocycles. The number of hydrogen-bond donors (Lipinski definition) is 0. The SMILES string of the molecule is C#CC.CCCOc1ccc(C)cc1. The molecule has 0 bridgehead atoms. The molecule has 0 radical (unpaired) electrons. The van der Waals surface area contributed by atoms with Crippen molar-refractivity contribution in [1.82, 2.24) is 0 Å². The lowest BCUT2D eigenvalue weighted by atomic mass is 10.2. The van der Waals surface area contributed by atoms with E-state index in [1.807, 2.05) is 12.1 Å². The van der Waals surface area contributed by atoms with Gasteiger partial charge >= 0.3 is 0 Å². The standard InChI is InChI=1S/C10H14O.C3H4/c1-3-8-11-10-6-4-9(2)5-7-10;1-3-2/h4-7H,3,8H2,1-2H3;1H,2H3. The van der Waals surface area contributed by atoms with Gasteiger partial charge < -0.3 is 4.74 Å². The second-order valence-corrected chi connectivity index (χ2v) is 2.95. The van der Waals surface area contributed by atoms with Crippen molar-refractivity contribution in [3.8, 4) is 18.1 Å². The first-order valence-corrected chi connectivity index (χ1v) is 4.81. The van der Waals surface area contributed by atoms with Crippen LogP contribution in [0.3, 0.4) is 0 Å². The van der Waals surface area contributed by atoms with Crippen LogP contribution in [0.5, 0.6) is 5.75 Å². The molecule has 0 aliphatic heterocycles. The molecule has 1 aromatic rings. The summed E-state index contributed by atoms with van der Waals surface area (Å²) in [6, 6.07) is 8.13. The van der Waals surface area contributed by atoms with Crippen LogP contribution >= 0.6 is 0 Å². The van der Waals surface area contributed by atoms with Crippen LogP contribution in [-0.4, -0.2) is 6.61 Å². The first-order chi connectivity index (χ1) is 6.74. The second-order valence-electron chi connectivity index (χ2n) is 2.95. The first kappa shape index (κ1) is 12.6. The van der Waals surface area contributed by atoms with Crippen LogP contribution in [0.2, 0.25) is 0 Å². The van der Waals surface area contributed by atoms with Crippen LogP contribution in [0.25, 0.3) is 0 Å². The van der Waals surface area contributed by atoms with Crippen LogP contribution in [0.4, 0.5) is 0 Å². The van der Waals surface area contributed by atoms with E-state index in [9.17, 15) is 0 Å². The summed E-state index contributed by atoms with van der Waals surface area (Å²) in [5, 5.41) is 0. The van der Waals surface area contributed by atoms with E-state index < -0.39 is 0 Å². The molecule has 0 aliphatic carbocycles. The molecule has 0 spiro atoms. The molecule has 76 valence electrons. The Bertz CT molecular complexity index is 266. The van der Waals surface area contributed by atoms with E-state index in [-0.39, 0.29) is 0 Å². The number of rotatable bonds is 3. The fourth-order valence-corrected chi connectivity index (χ4v) is 0.854. The van der Waals surface area contributed by atoms with Gasteiger partial charge in [-0.1, -0.05) is 24.6 Å². The largest absolute Gasteiger partial charge is 0.494 e. The van der Waals surface area contributed by atoms with E-state index >= 15 is 0 Å². The summed E-state index contributed by atoms with van der Waals surface area (Å²) in [6.45, 7) is 6.64.